The van der Waals surface area contributed by atoms with E-state index in [-0.39, 0.29) is 11.5 Å². The Kier molecular flexibility index (Phi) is 4.76. The van der Waals surface area contributed by atoms with Crippen molar-refractivity contribution in [2.45, 2.75) is 0 Å². The molecule has 1 amide bonds. The van der Waals surface area contributed by atoms with Gasteiger partial charge in [0.15, 0.2) is 0 Å². The minimum absolute atomic E-state index is 0.0788. The van der Waals surface area contributed by atoms with E-state index in [0.717, 1.165) is 11.4 Å². The third kappa shape index (κ3) is 4.23. The average Bonchev–Trinajstić information content (AvgIpc) is 2.64. The molecule has 0 saturated heterocycles. The predicted octanol–water partition coefficient (Wildman–Crippen LogP) is 4.38. The highest BCUT2D eigenvalue weighted by atomic mass is 16.4. The average molecular weight is 332 g/mol. The van der Waals surface area contributed by atoms with Crippen LogP contribution in [-0.2, 0) is 0 Å². The Morgan fingerprint density at radius 1 is 0.680 bits per heavy atom. The first-order chi connectivity index (χ1) is 12.1. The first-order valence-corrected chi connectivity index (χ1v) is 7.69. The highest BCUT2D eigenvalue weighted by Gasteiger charge is 2.09. The van der Waals surface area contributed by atoms with E-state index in [4.69, 9.17) is 5.11 Å². The van der Waals surface area contributed by atoms with Crippen molar-refractivity contribution in [1.82, 2.24) is 0 Å². The standard InChI is InChI=1S/C20H16N2O3/c23-19(14-5-4-6-15(13-14)20(24)25)22-18-11-9-17(10-12-18)21-16-7-2-1-3-8-16/h1-13,21H,(H,22,23)(H,24,25). The number of hydrogen-bond donors (Lipinski definition) is 3. The topological polar surface area (TPSA) is 78.4 Å². The fourth-order valence-electron chi connectivity index (χ4n) is 2.32. The van der Waals surface area contributed by atoms with Crippen LogP contribution in [0.2, 0.25) is 0 Å². The van der Waals surface area contributed by atoms with Gasteiger partial charge in [0, 0.05) is 22.6 Å². The molecule has 0 fully saturated rings. The van der Waals surface area contributed by atoms with Crippen LogP contribution >= 0.6 is 0 Å². The molecule has 0 unspecified atom stereocenters. The molecule has 0 aliphatic heterocycles. The van der Waals surface area contributed by atoms with Gasteiger partial charge in [-0.25, -0.2) is 4.79 Å². The van der Waals surface area contributed by atoms with Gasteiger partial charge in [-0.2, -0.15) is 0 Å². The summed E-state index contributed by atoms with van der Waals surface area (Å²) in [7, 11) is 0. The van der Waals surface area contributed by atoms with Crippen LogP contribution in [0.3, 0.4) is 0 Å². The zero-order valence-corrected chi connectivity index (χ0v) is 13.3. The number of carbonyl (C=O) groups excluding carboxylic acids is 1. The van der Waals surface area contributed by atoms with Gasteiger partial charge in [0.2, 0.25) is 0 Å². The van der Waals surface area contributed by atoms with E-state index in [9.17, 15) is 9.59 Å². The lowest BCUT2D eigenvalue weighted by molar-refractivity contribution is 0.0697. The molecule has 0 aliphatic carbocycles. The first kappa shape index (κ1) is 16.3. The molecule has 3 rings (SSSR count). The van der Waals surface area contributed by atoms with Crippen LogP contribution in [0.25, 0.3) is 0 Å². The highest BCUT2D eigenvalue weighted by molar-refractivity contribution is 6.05. The van der Waals surface area contributed by atoms with Crippen LogP contribution in [-0.4, -0.2) is 17.0 Å². The Labute approximate surface area is 144 Å². The lowest BCUT2D eigenvalue weighted by atomic mass is 10.1. The Morgan fingerprint density at radius 2 is 1.28 bits per heavy atom. The normalized spacial score (nSPS) is 10.1. The molecule has 0 saturated carbocycles. The minimum Gasteiger partial charge on any atom is -0.478 e. The van der Waals surface area contributed by atoms with Gasteiger partial charge < -0.3 is 15.7 Å². The molecule has 124 valence electrons. The van der Waals surface area contributed by atoms with Crippen molar-refractivity contribution in [2.75, 3.05) is 10.6 Å². The summed E-state index contributed by atoms with van der Waals surface area (Å²) < 4.78 is 0. The molecule has 0 radical (unpaired) electrons. The van der Waals surface area contributed by atoms with Gasteiger partial charge in [0.25, 0.3) is 5.91 Å². The van der Waals surface area contributed by atoms with Crippen LogP contribution < -0.4 is 10.6 Å². The molecule has 5 heteroatoms. The maximum absolute atomic E-state index is 12.2. The summed E-state index contributed by atoms with van der Waals surface area (Å²) in [5.74, 6) is -1.42. The van der Waals surface area contributed by atoms with Gasteiger partial charge in [-0.3, -0.25) is 4.79 Å². The summed E-state index contributed by atoms with van der Waals surface area (Å²) in [4.78, 5) is 23.2. The molecule has 3 N–H and O–H groups in total. The number of aromatic carboxylic acids is 1. The van der Waals surface area contributed by atoms with Crippen molar-refractivity contribution in [1.29, 1.82) is 0 Å². The third-order valence-corrected chi connectivity index (χ3v) is 3.58. The highest BCUT2D eigenvalue weighted by Crippen LogP contribution is 2.19. The maximum atomic E-state index is 12.2. The smallest absolute Gasteiger partial charge is 0.335 e. The fraction of sp³-hybridized carbons (Fsp3) is 0. The molecule has 0 heterocycles. The maximum Gasteiger partial charge on any atom is 0.335 e. The van der Waals surface area contributed by atoms with Crippen molar-refractivity contribution >= 4 is 28.9 Å². The number of anilines is 3. The molecule has 0 bridgehead atoms. The van der Waals surface area contributed by atoms with Gasteiger partial charge >= 0.3 is 5.97 Å². The zero-order valence-electron chi connectivity index (χ0n) is 13.3. The number of hydrogen-bond acceptors (Lipinski definition) is 3. The summed E-state index contributed by atoms with van der Waals surface area (Å²) in [6, 6.07) is 23.0. The number of amides is 1. The van der Waals surface area contributed by atoms with E-state index in [0.29, 0.717) is 11.3 Å². The zero-order chi connectivity index (χ0) is 17.6. The van der Waals surface area contributed by atoms with Crippen molar-refractivity contribution in [3.8, 4) is 0 Å². The second kappa shape index (κ2) is 7.31. The quantitative estimate of drug-likeness (QED) is 0.648. The van der Waals surface area contributed by atoms with E-state index in [1.165, 1.54) is 12.1 Å². The van der Waals surface area contributed by atoms with Crippen LogP contribution in [0.4, 0.5) is 17.1 Å². The Balaban J connectivity index is 1.68. The molecule has 0 atom stereocenters. The van der Waals surface area contributed by atoms with E-state index in [2.05, 4.69) is 10.6 Å². The van der Waals surface area contributed by atoms with Gasteiger partial charge in [-0.05, 0) is 54.6 Å². The van der Waals surface area contributed by atoms with Crippen LogP contribution in [0.5, 0.6) is 0 Å². The van der Waals surface area contributed by atoms with E-state index in [1.807, 2.05) is 42.5 Å². The first-order valence-electron chi connectivity index (χ1n) is 7.69. The molecular weight excluding hydrogens is 316 g/mol. The Hall–Kier alpha value is -3.60. The second-order valence-electron chi connectivity index (χ2n) is 5.41. The summed E-state index contributed by atoms with van der Waals surface area (Å²) in [5, 5.41) is 15.0. The minimum atomic E-state index is -1.06. The summed E-state index contributed by atoms with van der Waals surface area (Å²) in [5.41, 5.74) is 2.88. The van der Waals surface area contributed by atoms with Crippen molar-refractivity contribution in [3.05, 3.63) is 90.0 Å². The number of carbonyl (C=O) groups is 2. The van der Waals surface area contributed by atoms with Gasteiger partial charge in [0.1, 0.15) is 0 Å². The van der Waals surface area contributed by atoms with E-state index in [1.54, 1.807) is 24.3 Å². The molecule has 0 spiro atoms. The summed E-state index contributed by atoms with van der Waals surface area (Å²) in [6.45, 7) is 0. The van der Waals surface area contributed by atoms with Crippen molar-refractivity contribution < 1.29 is 14.7 Å². The molecule has 5 nitrogen and oxygen atoms in total. The number of carboxylic acids is 1. The summed E-state index contributed by atoms with van der Waals surface area (Å²) in [6.07, 6.45) is 0. The van der Waals surface area contributed by atoms with Crippen LogP contribution in [0, 0.1) is 0 Å². The predicted molar refractivity (Wildman–Crippen MR) is 97.5 cm³/mol. The number of rotatable bonds is 5. The molecule has 25 heavy (non-hydrogen) atoms. The SMILES string of the molecule is O=C(O)c1cccc(C(=O)Nc2ccc(Nc3ccccc3)cc2)c1. The largest absolute Gasteiger partial charge is 0.478 e. The molecular formula is C20H16N2O3. The monoisotopic (exact) mass is 332 g/mol. The van der Waals surface area contributed by atoms with Gasteiger partial charge in [0.05, 0.1) is 5.56 Å². The molecule has 3 aromatic rings. The van der Waals surface area contributed by atoms with Crippen molar-refractivity contribution in [2.24, 2.45) is 0 Å². The van der Waals surface area contributed by atoms with E-state index >= 15 is 0 Å². The lowest BCUT2D eigenvalue weighted by Crippen LogP contribution is -2.12. The number of carboxylic acid groups (broad SMARTS) is 1. The van der Waals surface area contributed by atoms with Crippen LogP contribution in [0.15, 0.2) is 78.9 Å². The molecule has 3 aromatic carbocycles. The van der Waals surface area contributed by atoms with Gasteiger partial charge in [-0.1, -0.05) is 24.3 Å². The van der Waals surface area contributed by atoms with Crippen LogP contribution in [0.1, 0.15) is 20.7 Å². The number of nitrogens with one attached hydrogen (secondary N) is 2. The third-order valence-electron chi connectivity index (χ3n) is 3.58. The lowest BCUT2D eigenvalue weighted by Gasteiger charge is -2.09. The van der Waals surface area contributed by atoms with E-state index < -0.39 is 5.97 Å². The Morgan fingerprint density at radius 3 is 1.96 bits per heavy atom. The fourth-order valence-corrected chi connectivity index (χ4v) is 2.32. The van der Waals surface area contributed by atoms with Crippen molar-refractivity contribution in [3.63, 3.8) is 0 Å². The summed E-state index contributed by atoms with van der Waals surface area (Å²) >= 11 is 0. The number of benzene rings is 3. The van der Waals surface area contributed by atoms with Gasteiger partial charge in [-0.15, -0.1) is 0 Å². The second-order valence-corrected chi connectivity index (χ2v) is 5.41. The molecule has 0 aromatic heterocycles. The molecule has 0 aliphatic rings. The Bertz CT molecular complexity index is 890. The number of para-hydroxylation sites is 1.